The first-order chi connectivity index (χ1) is 15.4. The minimum absolute atomic E-state index is 0.0933. The van der Waals surface area contributed by atoms with Gasteiger partial charge in [0.25, 0.3) is 5.91 Å². The molecule has 9 heteroatoms. The molecule has 1 aromatic heterocycles. The van der Waals surface area contributed by atoms with Crippen LogP contribution in [0, 0.1) is 5.41 Å². The molecule has 1 saturated heterocycles. The lowest BCUT2D eigenvalue weighted by molar-refractivity contribution is -0.143. The lowest BCUT2D eigenvalue weighted by Crippen LogP contribution is -2.47. The number of nitrogens with one attached hydrogen (secondary N) is 1. The number of rotatable bonds is 7. The molecule has 2 heterocycles. The van der Waals surface area contributed by atoms with Crippen LogP contribution >= 0.6 is 0 Å². The highest BCUT2D eigenvalue weighted by Crippen LogP contribution is 2.34. The second kappa shape index (κ2) is 9.23. The van der Waals surface area contributed by atoms with Crippen LogP contribution in [0.3, 0.4) is 0 Å². The summed E-state index contributed by atoms with van der Waals surface area (Å²) in [5, 5.41) is 10.1. The number of hydrogen-bond acceptors (Lipinski definition) is 7. The normalized spacial score (nSPS) is 15.9. The Bertz CT molecular complexity index is 1200. The van der Waals surface area contributed by atoms with E-state index in [0.717, 1.165) is 16.5 Å². The van der Waals surface area contributed by atoms with E-state index in [9.17, 15) is 13.2 Å². The van der Waals surface area contributed by atoms with E-state index >= 15 is 0 Å². The van der Waals surface area contributed by atoms with Gasteiger partial charge in [0.05, 0.1) is 21.6 Å². The molecule has 1 aliphatic rings. The number of fused-ring (bicyclic) bond motifs is 1. The molecule has 8 nitrogen and oxygen atoms in total. The minimum atomic E-state index is -3.78. The van der Waals surface area contributed by atoms with Gasteiger partial charge in [0.2, 0.25) is 0 Å². The van der Waals surface area contributed by atoms with Gasteiger partial charge in [-0.05, 0) is 54.8 Å². The molecular formula is C23H24N2O6S. The van der Waals surface area contributed by atoms with Gasteiger partial charge >= 0.3 is 0 Å². The Hall–Kier alpha value is -3.01. The molecule has 0 spiro atoms. The third-order valence-electron chi connectivity index (χ3n) is 5.81. The summed E-state index contributed by atoms with van der Waals surface area (Å²) >= 11 is 0. The molecule has 1 fully saturated rings. The quantitative estimate of drug-likeness (QED) is 0.415. The van der Waals surface area contributed by atoms with Crippen molar-refractivity contribution in [1.29, 1.82) is 0 Å². The van der Waals surface area contributed by atoms with Crippen molar-refractivity contribution in [3.05, 3.63) is 66.4 Å². The van der Waals surface area contributed by atoms with Crippen molar-refractivity contribution in [2.45, 2.75) is 24.3 Å². The SMILES string of the molecule is O=C(NO)C1(CS(=O)(=O)c2ccc(OCc3cccc4ncccc34)cc2)CCOCC1. The number of hydrogen-bond donors (Lipinski definition) is 2. The van der Waals surface area contributed by atoms with E-state index in [1.54, 1.807) is 23.8 Å². The van der Waals surface area contributed by atoms with Gasteiger partial charge in [0.15, 0.2) is 9.84 Å². The van der Waals surface area contributed by atoms with E-state index < -0.39 is 26.9 Å². The van der Waals surface area contributed by atoms with Gasteiger partial charge in [0, 0.05) is 24.8 Å². The van der Waals surface area contributed by atoms with Crippen LogP contribution in [0.2, 0.25) is 0 Å². The van der Waals surface area contributed by atoms with Crippen molar-refractivity contribution in [3.8, 4) is 5.75 Å². The summed E-state index contributed by atoms with van der Waals surface area (Å²) in [6.07, 6.45) is 2.18. The first kappa shape index (κ1) is 22.2. The Morgan fingerprint density at radius 2 is 1.84 bits per heavy atom. The van der Waals surface area contributed by atoms with E-state index in [0.29, 0.717) is 12.4 Å². The predicted octanol–water partition coefficient (Wildman–Crippen LogP) is 2.89. The summed E-state index contributed by atoms with van der Waals surface area (Å²) in [7, 11) is -3.78. The largest absolute Gasteiger partial charge is 0.489 e. The smallest absolute Gasteiger partial charge is 0.250 e. The number of ether oxygens (including phenoxy) is 2. The third-order valence-corrected chi connectivity index (χ3v) is 7.74. The maximum Gasteiger partial charge on any atom is 0.250 e. The average Bonchev–Trinajstić information content (AvgIpc) is 2.82. The molecule has 0 aliphatic carbocycles. The number of sulfone groups is 1. The Kier molecular flexibility index (Phi) is 6.40. The highest BCUT2D eigenvalue weighted by Gasteiger charge is 2.44. The van der Waals surface area contributed by atoms with E-state index in [2.05, 4.69) is 4.98 Å². The van der Waals surface area contributed by atoms with Crippen LogP contribution in [0.25, 0.3) is 10.9 Å². The number of aromatic nitrogens is 1. The monoisotopic (exact) mass is 456 g/mol. The molecule has 168 valence electrons. The number of nitrogens with zero attached hydrogens (tertiary/aromatic N) is 1. The average molecular weight is 457 g/mol. The lowest BCUT2D eigenvalue weighted by Gasteiger charge is -2.34. The van der Waals surface area contributed by atoms with Gasteiger partial charge < -0.3 is 9.47 Å². The van der Waals surface area contributed by atoms with Crippen LogP contribution in [0.5, 0.6) is 5.75 Å². The van der Waals surface area contributed by atoms with Gasteiger partial charge in [-0.15, -0.1) is 0 Å². The Morgan fingerprint density at radius 3 is 2.56 bits per heavy atom. The van der Waals surface area contributed by atoms with Gasteiger partial charge in [0.1, 0.15) is 12.4 Å². The first-order valence-corrected chi connectivity index (χ1v) is 11.9. The zero-order valence-electron chi connectivity index (χ0n) is 17.4. The zero-order valence-corrected chi connectivity index (χ0v) is 18.2. The molecular weight excluding hydrogens is 432 g/mol. The molecule has 4 rings (SSSR count). The van der Waals surface area contributed by atoms with Gasteiger partial charge in [-0.25, -0.2) is 13.9 Å². The van der Waals surface area contributed by atoms with Gasteiger partial charge in [-0.2, -0.15) is 0 Å². The Morgan fingerprint density at radius 1 is 1.09 bits per heavy atom. The minimum Gasteiger partial charge on any atom is -0.489 e. The van der Waals surface area contributed by atoms with Crippen molar-refractivity contribution in [1.82, 2.24) is 10.5 Å². The molecule has 0 radical (unpaired) electrons. The lowest BCUT2D eigenvalue weighted by atomic mass is 9.81. The van der Waals surface area contributed by atoms with Crippen LogP contribution in [-0.4, -0.2) is 43.5 Å². The van der Waals surface area contributed by atoms with Crippen molar-refractivity contribution in [2.24, 2.45) is 5.41 Å². The van der Waals surface area contributed by atoms with E-state index in [-0.39, 0.29) is 31.0 Å². The highest BCUT2D eigenvalue weighted by atomic mass is 32.2. The second-order valence-corrected chi connectivity index (χ2v) is 9.83. The fourth-order valence-corrected chi connectivity index (χ4v) is 5.83. The van der Waals surface area contributed by atoms with Crippen molar-refractivity contribution < 1.29 is 27.9 Å². The number of benzene rings is 2. The van der Waals surface area contributed by atoms with Crippen molar-refractivity contribution >= 4 is 26.6 Å². The first-order valence-electron chi connectivity index (χ1n) is 10.2. The van der Waals surface area contributed by atoms with Crippen molar-refractivity contribution in [2.75, 3.05) is 19.0 Å². The standard InChI is InChI=1S/C23H24N2O6S/c26-22(25-27)23(10-13-30-14-11-23)16-32(28,29)19-8-6-18(7-9-19)31-15-17-3-1-5-21-20(17)4-2-12-24-21/h1-9,12,27H,10-11,13-16H2,(H,25,26). The van der Waals surface area contributed by atoms with Crippen LogP contribution in [0.4, 0.5) is 0 Å². The number of hydroxylamine groups is 1. The molecule has 0 unspecified atom stereocenters. The summed E-state index contributed by atoms with van der Waals surface area (Å²) in [6, 6.07) is 15.8. The molecule has 0 saturated carbocycles. The Balaban J connectivity index is 1.48. The van der Waals surface area contributed by atoms with Crippen LogP contribution < -0.4 is 10.2 Å². The number of amides is 1. The summed E-state index contributed by atoms with van der Waals surface area (Å²) in [5.74, 6) is -0.577. The highest BCUT2D eigenvalue weighted by molar-refractivity contribution is 7.91. The second-order valence-electron chi connectivity index (χ2n) is 7.84. The van der Waals surface area contributed by atoms with Gasteiger partial charge in [-0.1, -0.05) is 18.2 Å². The zero-order chi connectivity index (χ0) is 22.6. The Labute approximate surface area is 186 Å². The van der Waals surface area contributed by atoms with Crippen LogP contribution in [0.1, 0.15) is 18.4 Å². The maximum absolute atomic E-state index is 13.0. The summed E-state index contributed by atoms with van der Waals surface area (Å²) in [5.41, 5.74) is 2.26. The summed E-state index contributed by atoms with van der Waals surface area (Å²) in [6.45, 7) is 0.841. The molecule has 2 aromatic carbocycles. The maximum atomic E-state index is 13.0. The number of carbonyl (C=O) groups excluding carboxylic acids is 1. The van der Waals surface area contributed by atoms with Crippen molar-refractivity contribution in [3.63, 3.8) is 0 Å². The predicted molar refractivity (Wildman–Crippen MR) is 117 cm³/mol. The number of pyridine rings is 1. The molecule has 3 aromatic rings. The third kappa shape index (κ3) is 4.59. The fourth-order valence-electron chi connectivity index (χ4n) is 3.96. The van der Waals surface area contributed by atoms with E-state index in [1.807, 2.05) is 30.3 Å². The summed E-state index contributed by atoms with van der Waals surface area (Å²) < 4.78 is 37.2. The van der Waals surface area contributed by atoms with Crippen LogP contribution in [-0.2, 0) is 26.0 Å². The molecule has 32 heavy (non-hydrogen) atoms. The molecule has 1 aliphatic heterocycles. The number of carbonyl (C=O) groups is 1. The molecule has 1 amide bonds. The van der Waals surface area contributed by atoms with E-state index in [4.69, 9.17) is 14.7 Å². The fraction of sp³-hybridized carbons (Fsp3) is 0.304. The molecule has 0 atom stereocenters. The molecule has 2 N–H and O–H groups in total. The topological polar surface area (TPSA) is 115 Å². The molecule has 0 bridgehead atoms. The van der Waals surface area contributed by atoms with Crippen LogP contribution in [0.15, 0.2) is 65.7 Å². The van der Waals surface area contributed by atoms with Gasteiger partial charge in [-0.3, -0.25) is 15.0 Å². The summed E-state index contributed by atoms with van der Waals surface area (Å²) in [4.78, 5) is 16.7. The van der Waals surface area contributed by atoms with E-state index in [1.165, 1.54) is 12.1 Å².